The largest absolute Gasteiger partial charge is 0.444 e. The van der Waals surface area contributed by atoms with Gasteiger partial charge in [-0.05, 0) is 58.6 Å². The van der Waals surface area contributed by atoms with Crippen LogP contribution in [0.15, 0.2) is 30.3 Å². The number of amides is 1. The first kappa shape index (κ1) is 20.2. The van der Waals surface area contributed by atoms with Crippen LogP contribution >= 0.6 is 0 Å². The first-order valence-electron chi connectivity index (χ1n) is 10.7. The lowest BCUT2D eigenvalue weighted by atomic mass is 9.79. The van der Waals surface area contributed by atoms with Crippen LogP contribution in [0.2, 0.25) is 0 Å². The van der Waals surface area contributed by atoms with E-state index in [1.54, 1.807) is 0 Å². The highest BCUT2D eigenvalue weighted by atomic mass is 16.6. The molecule has 3 fully saturated rings. The summed E-state index contributed by atoms with van der Waals surface area (Å²) in [6, 6.07) is 11.8. The summed E-state index contributed by atoms with van der Waals surface area (Å²) in [5.41, 5.74) is 1.27. The van der Waals surface area contributed by atoms with Gasteiger partial charge in [0.15, 0.2) is 0 Å². The Morgan fingerprint density at radius 2 is 1.70 bits per heavy atom. The van der Waals surface area contributed by atoms with Crippen molar-refractivity contribution in [2.24, 2.45) is 5.41 Å². The van der Waals surface area contributed by atoms with Gasteiger partial charge in [0.1, 0.15) is 5.60 Å². The van der Waals surface area contributed by atoms with Crippen LogP contribution in [0.4, 0.5) is 4.79 Å². The SMILES string of the molecule is CC.CC(C)(C)OC(=O)N1CCC23CCN(Cc4ccccc4)C2CCC13. The second-order valence-corrected chi connectivity index (χ2v) is 8.97. The number of hydrogen-bond acceptors (Lipinski definition) is 3. The number of benzene rings is 1. The molecule has 3 unspecified atom stereocenters. The van der Waals surface area contributed by atoms with Crippen LogP contribution in [-0.2, 0) is 11.3 Å². The minimum atomic E-state index is -0.417. The van der Waals surface area contributed by atoms with Crippen molar-refractivity contribution < 1.29 is 9.53 Å². The molecule has 3 atom stereocenters. The van der Waals surface area contributed by atoms with Gasteiger partial charge >= 0.3 is 6.09 Å². The highest BCUT2D eigenvalue weighted by Gasteiger charge is 2.61. The zero-order valence-corrected chi connectivity index (χ0v) is 17.7. The van der Waals surface area contributed by atoms with Gasteiger partial charge in [-0.1, -0.05) is 44.2 Å². The maximum absolute atomic E-state index is 12.7. The number of likely N-dealkylation sites (tertiary alicyclic amines) is 2. The number of carbonyl (C=O) groups is 1. The molecule has 1 amide bonds. The molecule has 3 aliphatic rings. The van der Waals surface area contributed by atoms with Crippen molar-refractivity contribution in [3.63, 3.8) is 0 Å². The van der Waals surface area contributed by atoms with Gasteiger partial charge in [-0.15, -0.1) is 0 Å². The van der Waals surface area contributed by atoms with Gasteiger partial charge in [0.25, 0.3) is 0 Å². The Labute approximate surface area is 164 Å². The highest BCUT2D eigenvalue weighted by molar-refractivity contribution is 5.69. The molecule has 150 valence electrons. The number of carbonyl (C=O) groups excluding carboxylic acids is 1. The molecule has 1 saturated carbocycles. The molecule has 4 nitrogen and oxygen atoms in total. The smallest absolute Gasteiger partial charge is 0.410 e. The quantitative estimate of drug-likeness (QED) is 0.726. The molecule has 0 aromatic heterocycles. The topological polar surface area (TPSA) is 32.8 Å². The van der Waals surface area contributed by atoms with Crippen molar-refractivity contribution in [3.8, 4) is 0 Å². The zero-order chi connectivity index (χ0) is 19.7. The molecular formula is C23H36N2O2. The predicted octanol–water partition coefficient (Wildman–Crippen LogP) is 5.08. The summed E-state index contributed by atoms with van der Waals surface area (Å²) in [6.07, 6.45) is 4.56. The monoisotopic (exact) mass is 372 g/mol. The van der Waals surface area contributed by atoms with E-state index in [1.807, 2.05) is 39.5 Å². The van der Waals surface area contributed by atoms with Crippen LogP contribution in [0.5, 0.6) is 0 Å². The Balaban J connectivity index is 0.00000102. The summed E-state index contributed by atoms with van der Waals surface area (Å²) in [7, 11) is 0. The third-order valence-electron chi connectivity index (χ3n) is 6.40. The number of ether oxygens (including phenoxy) is 1. The molecule has 1 aromatic carbocycles. The van der Waals surface area contributed by atoms with Gasteiger partial charge in [-0.3, -0.25) is 4.90 Å². The lowest BCUT2D eigenvalue weighted by Gasteiger charge is -2.34. The van der Waals surface area contributed by atoms with Crippen molar-refractivity contribution in [2.75, 3.05) is 13.1 Å². The minimum Gasteiger partial charge on any atom is -0.444 e. The first-order chi connectivity index (χ1) is 12.9. The van der Waals surface area contributed by atoms with E-state index >= 15 is 0 Å². The number of hydrogen-bond donors (Lipinski definition) is 0. The van der Waals surface area contributed by atoms with E-state index in [0.29, 0.717) is 17.5 Å². The third kappa shape index (κ3) is 3.87. The Morgan fingerprint density at radius 3 is 2.37 bits per heavy atom. The first-order valence-corrected chi connectivity index (χ1v) is 10.7. The van der Waals surface area contributed by atoms with E-state index in [2.05, 4.69) is 35.2 Å². The average molecular weight is 373 g/mol. The maximum atomic E-state index is 12.7. The summed E-state index contributed by atoms with van der Waals surface area (Å²) in [5, 5.41) is 0. The van der Waals surface area contributed by atoms with Gasteiger partial charge in [-0.25, -0.2) is 4.79 Å². The molecule has 27 heavy (non-hydrogen) atoms. The van der Waals surface area contributed by atoms with Crippen molar-refractivity contribution in [1.82, 2.24) is 9.80 Å². The number of nitrogens with zero attached hydrogens (tertiary/aromatic N) is 2. The molecule has 1 aliphatic carbocycles. The van der Waals surface area contributed by atoms with Crippen LogP contribution in [0.25, 0.3) is 0 Å². The molecule has 0 radical (unpaired) electrons. The van der Waals surface area contributed by atoms with Crippen LogP contribution in [0.3, 0.4) is 0 Å². The molecule has 4 rings (SSSR count). The van der Waals surface area contributed by atoms with Crippen molar-refractivity contribution in [3.05, 3.63) is 35.9 Å². The Hall–Kier alpha value is -1.55. The minimum absolute atomic E-state index is 0.114. The fourth-order valence-corrected chi connectivity index (χ4v) is 5.45. The van der Waals surface area contributed by atoms with Crippen LogP contribution in [0.1, 0.15) is 65.9 Å². The van der Waals surface area contributed by atoms with Crippen molar-refractivity contribution in [1.29, 1.82) is 0 Å². The molecule has 2 saturated heterocycles. The van der Waals surface area contributed by atoms with Gasteiger partial charge < -0.3 is 9.64 Å². The zero-order valence-electron chi connectivity index (χ0n) is 17.7. The Kier molecular flexibility index (Phi) is 5.85. The fraction of sp³-hybridized carbons (Fsp3) is 0.696. The van der Waals surface area contributed by atoms with Crippen molar-refractivity contribution >= 4 is 6.09 Å². The predicted molar refractivity (Wildman–Crippen MR) is 110 cm³/mol. The maximum Gasteiger partial charge on any atom is 0.410 e. The number of rotatable bonds is 2. The van der Waals surface area contributed by atoms with E-state index in [1.165, 1.54) is 18.4 Å². The van der Waals surface area contributed by atoms with Crippen LogP contribution < -0.4 is 0 Å². The molecule has 1 aromatic rings. The normalized spacial score (nSPS) is 29.7. The van der Waals surface area contributed by atoms with Crippen LogP contribution in [-0.4, -0.2) is 46.7 Å². The van der Waals surface area contributed by atoms with Gasteiger partial charge in [0, 0.05) is 30.6 Å². The molecule has 4 heteroatoms. The van der Waals surface area contributed by atoms with Gasteiger partial charge in [0.2, 0.25) is 0 Å². The Morgan fingerprint density at radius 1 is 1.07 bits per heavy atom. The van der Waals surface area contributed by atoms with E-state index in [9.17, 15) is 4.79 Å². The molecule has 0 bridgehead atoms. The van der Waals surface area contributed by atoms with E-state index in [4.69, 9.17) is 4.74 Å². The molecule has 2 heterocycles. The van der Waals surface area contributed by atoms with E-state index in [-0.39, 0.29) is 6.09 Å². The van der Waals surface area contributed by atoms with Gasteiger partial charge in [-0.2, -0.15) is 0 Å². The van der Waals surface area contributed by atoms with E-state index in [0.717, 1.165) is 32.5 Å². The second-order valence-electron chi connectivity index (χ2n) is 8.97. The van der Waals surface area contributed by atoms with Crippen molar-refractivity contribution in [2.45, 2.75) is 84.5 Å². The summed E-state index contributed by atoms with van der Waals surface area (Å²) in [5.74, 6) is 0. The third-order valence-corrected chi connectivity index (χ3v) is 6.40. The second kappa shape index (κ2) is 7.83. The summed E-state index contributed by atoms with van der Waals surface area (Å²) in [6.45, 7) is 12.9. The fourth-order valence-electron chi connectivity index (χ4n) is 5.45. The average Bonchev–Trinajstić information content (AvgIpc) is 3.26. The molecule has 2 aliphatic heterocycles. The Bertz CT molecular complexity index is 640. The molecule has 1 spiro atoms. The lowest BCUT2D eigenvalue weighted by Crippen LogP contribution is -2.44. The van der Waals surface area contributed by atoms with Crippen LogP contribution in [0, 0.1) is 5.41 Å². The lowest BCUT2D eigenvalue weighted by molar-refractivity contribution is 0.0184. The van der Waals surface area contributed by atoms with Gasteiger partial charge in [0.05, 0.1) is 0 Å². The molecular weight excluding hydrogens is 336 g/mol. The standard InChI is InChI=1S/C21H30N2O2.C2H6/c1-20(2,3)25-19(24)23-14-12-21-11-13-22(17(21)9-10-18(21)23)15-16-7-5-4-6-8-16;1-2/h4-8,17-18H,9-15H2,1-3H3;1-2H3. The van der Waals surface area contributed by atoms with E-state index < -0.39 is 5.60 Å². The highest BCUT2D eigenvalue weighted by Crippen LogP contribution is 2.56. The summed E-state index contributed by atoms with van der Waals surface area (Å²) >= 11 is 0. The molecule has 0 N–H and O–H groups in total. The summed E-state index contributed by atoms with van der Waals surface area (Å²) in [4.78, 5) is 17.4. The summed E-state index contributed by atoms with van der Waals surface area (Å²) < 4.78 is 5.67.